The normalized spacial score (nSPS) is 22.6. The molecule has 0 unspecified atom stereocenters. The molecule has 27 heavy (non-hydrogen) atoms. The van der Waals surface area contributed by atoms with Crippen molar-refractivity contribution in [1.82, 2.24) is 9.88 Å². The minimum absolute atomic E-state index is 0.0818. The summed E-state index contributed by atoms with van der Waals surface area (Å²) in [6.45, 7) is 18.5. The maximum atomic E-state index is 12.5. The van der Waals surface area contributed by atoms with Crippen LogP contribution in [0.25, 0.3) is 5.57 Å². The van der Waals surface area contributed by atoms with Crippen LogP contribution < -0.4 is 0 Å². The van der Waals surface area contributed by atoms with Crippen LogP contribution in [0.1, 0.15) is 65.4 Å². The molecule has 1 aromatic rings. The summed E-state index contributed by atoms with van der Waals surface area (Å²) in [6, 6.07) is 2.16. The number of nitrogens with zero attached hydrogens (tertiary/aromatic N) is 2. The highest BCUT2D eigenvalue weighted by Crippen LogP contribution is 2.48. The van der Waals surface area contributed by atoms with Gasteiger partial charge in [-0.05, 0) is 84.2 Å². The van der Waals surface area contributed by atoms with Crippen LogP contribution in [-0.2, 0) is 4.79 Å². The van der Waals surface area contributed by atoms with E-state index in [2.05, 4.69) is 71.7 Å². The fourth-order valence-corrected chi connectivity index (χ4v) is 4.91. The Bertz CT molecular complexity index is 948. The van der Waals surface area contributed by atoms with E-state index in [1.54, 1.807) is 6.92 Å². The standard InChI is InChI=1S/C23H31N3O/c1-13-10-15(3)24-20(13)19(21-14(2)11-16(4)25-21)18-12-22(6,7)26(17(5)27)23(18,8)9/h10-12,24H,1-9H3/b21-19+. The second-order valence-electron chi connectivity index (χ2n) is 8.94. The molecule has 4 heteroatoms. The maximum absolute atomic E-state index is 12.5. The molecule has 2 aliphatic heterocycles. The van der Waals surface area contributed by atoms with Crippen molar-refractivity contribution in [3.8, 4) is 0 Å². The van der Waals surface area contributed by atoms with E-state index in [4.69, 9.17) is 4.99 Å². The molecule has 0 fully saturated rings. The summed E-state index contributed by atoms with van der Waals surface area (Å²) in [6.07, 6.45) is 4.36. The van der Waals surface area contributed by atoms with Crippen LogP contribution in [0.2, 0.25) is 0 Å². The van der Waals surface area contributed by atoms with Crippen LogP contribution in [0.4, 0.5) is 0 Å². The highest BCUT2D eigenvalue weighted by atomic mass is 16.2. The van der Waals surface area contributed by atoms with Crippen LogP contribution in [0.3, 0.4) is 0 Å². The zero-order chi connectivity index (χ0) is 20.3. The molecule has 1 aromatic heterocycles. The highest BCUT2D eigenvalue weighted by Gasteiger charge is 2.49. The number of aromatic nitrogens is 1. The zero-order valence-electron chi connectivity index (χ0n) is 18.0. The van der Waals surface area contributed by atoms with E-state index in [9.17, 15) is 4.79 Å². The van der Waals surface area contributed by atoms with Crippen molar-refractivity contribution in [3.63, 3.8) is 0 Å². The Kier molecular flexibility index (Phi) is 4.37. The van der Waals surface area contributed by atoms with E-state index in [1.807, 2.05) is 11.8 Å². The number of amides is 1. The molecule has 0 saturated heterocycles. The molecule has 0 atom stereocenters. The molecule has 4 nitrogen and oxygen atoms in total. The molecule has 1 amide bonds. The van der Waals surface area contributed by atoms with Crippen molar-refractivity contribution in [1.29, 1.82) is 0 Å². The lowest BCUT2D eigenvalue weighted by atomic mass is 9.84. The first-order valence-electron chi connectivity index (χ1n) is 9.55. The number of carbonyl (C=O) groups is 1. The highest BCUT2D eigenvalue weighted by molar-refractivity contribution is 6.01. The van der Waals surface area contributed by atoms with Gasteiger partial charge in [0.1, 0.15) is 0 Å². The fraction of sp³-hybridized carbons (Fsp3) is 0.478. The summed E-state index contributed by atoms with van der Waals surface area (Å²) >= 11 is 0. The van der Waals surface area contributed by atoms with Gasteiger partial charge in [-0.3, -0.25) is 9.79 Å². The van der Waals surface area contributed by atoms with Gasteiger partial charge in [-0.1, -0.05) is 6.08 Å². The molecular formula is C23H31N3O. The Hall–Kier alpha value is -2.36. The van der Waals surface area contributed by atoms with Crippen molar-refractivity contribution in [2.24, 2.45) is 4.99 Å². The van der Waals surface area contributed by atoms with E-state index >= 15 is 0 Å². The van der Waals surface area contributed by atoms with Gasteiger partial charge in [-0.15, -0.1) is 0 Å². The van der Waals surface area contributed by atoms with Crippen molar-refractivity contribution >= 4 is 17.2 Å². The molecule has 0 aromatic carbocycles. The lowest BCUT2D eigenvalue weighted by Gasteiger charge is -2.42. The third-order valence-electron chi connectivity index (χ3n) is 5.60. The smallest absolute Gasteiger partial charge is 0.220 e. The molecule has 0 spiro atoms. The molecule has 2 aliphatic rings. The summed E-state index contributed by atoms with van der Waals surface area (Å²) in [5.74, 6) is 0.0818. The average Bonchev–Trinajstić information content (AvgIpc) is 3.04. The molecule has 1 N–H and O–H groups in total. The summed E-state index contributed by atoms with van der Waals surface area (Å²) < 4.78 is 0. The lowest BCUT2D eigenvalue weighted by Crippen LogP contribution is -2.52. The molecule has 3 rings (SSSR count). The molecule has 3 heterocycles. The molecule has 144 valence electrons. The second-order valence-corrected chi connectivity index (χ2v) is 8.94. The van der Waals surface area contributed by atoms with E-state index < -0.39 is 5.54 Å². The minimum atomic E-state index is -0.435. The van der Waals surface area contributed by atoms with Crippen LogP contribution in [0, 0.1) is 13.8 Å². The predicted octanol–water partition coefficient (Wildman–Crippen LogP) is 5.11. The van der Waals surface area contributed by atoms with Crippen molar-refractivity contribution in [2.45, 2.75) is 73.4 Å². The number of aryl methyl sites for hydroxylation is 2. The number of allylic oxidation sites excluding steroid dienone is 2. The maximum Gasteiger partial charge on any atom is 0.220 e. The Morgan fingerprint density at radius 2 is 1.74 bits per heavy atom. The van der Waals surface area contributed by atoms with Gasteiger partial charge in [0.05, 0.1) is 22.5 Å². The number of rotatable bonds is 2. The zero-order valence-corrected chi connectivity index (χ0v) is 18.0. The van der Waals surface area contributed by atoms with E-state index in [1.165, 1.54) is 5.56 Å². The SMILES string of the molecule is CC(=O)N1C(C)(C)C=C(/C(=C2\N=C(C)C=C2C)c2[nH]c(C)cc2C)C1(C)C. The topological polar surface area (TPSA) is 48.5 Å². The van der Waals surface area contributed by atoms with Gasteiger partial charge in [0, 0.05) is 23.9 Å². The Morgan fingerprint density at radius 3 is 2.15 bits per heavy atom. The molecular weight excluding hydrogens is 334 g/mol. The quantitative estimate of drug-likeness (QED) is 0.778. The predicted molar refractivity (Wildman–Crippen MR) is 113 cm³/mol. The van der Waals surface area contributed by atoms with Gasteiger partial charge in [-0.25, -0.2) is 0 Å². The first kappa shape index (κ1) is 19.4. The Morgan fingerprint density at radius 1 is 1.11 bits per heavy atom. The summed E-state index contributed by atoms with van der Waals surface area (Å²) in [7, 11) is 0. The van der Waals surface area contributed by atoms with Crippen LogP contribution in [0.5, 0.6) is 0 Å². The van der Waals surface area contributed by atoms with Gasteiger partial charge in [0.2, 0.25) is 5.91 Å². The van der Waals surface area contributed by atoms with Gasteiger partial charge in [0.15, 0.2) is 0 Å². The second kappa shape index (κ2) is 6.08. The summed E-state index contributed by atoms with van der Waals surface area (Å²) in [5, 5.41) is 0. The van der Waals surface area contributed by atoms with Crippen molar-refractivity contribution in [3.05, 3.63) is 52.0 Å². The average molecular weight is 366 g/mol. The first-order valence-corrected chi connectivity index (χ1v) is 9.55. The number of aliphatic imine (C=N–C) groups is 1. The third kappa shape index (κ3) is 3.01. The van der Waals surface area contributed by atoms with Crippen LogP contribution >= 0.6 is 0 Å². The van der Waals surface area contributed by atoms with E-state index in [-0.39, 0.29) is 11.4 Å². The number of hydrogen-bond donors (Lipinski definition) is 1. The van der Waals surface area contributed by atoms with Gasteiger partial charge >= 0.3 is 0 Å². The fourth-order valence-electron chi connectivity index (χ4n) is 4.91. The largest absolute Gasteiger partial charge is 0.358 e. The number of hydrogen-bond acceptors (Lipinski definition) is 2. The molecule has 0 saturated carbocycles. The number of nitrogens with one attached hydrogen (secondary N) is 1. The van der Waals surface area contributed by atoms with Gasteiger partial charge in [0.25, 0.3) is 0 Å². The van der Waals surface area contributed by atoms with Gasteiger partial charge < -0.3 is 9.88 Å². The third-order valence-corrected chi connectivity index (χ3v) is 5.60. The molecule has 0 radical (unpaired) electrons. The molecule has 0 aliphatic carbocycles. The monoisotopic (exact) mass is 365 g/mol. The van der Waals surface area contributed by atoms with Crippen LogP contribution in [0.15, 0.2) is 40.1 Å². The first-order chi connectivity index (χ1) is 12.4. The molecule has 0 bridgehead atoms. The lowest BCUT2D eigenvalue weighted by molar-refractivity contribution is -0.136. The Balaban J connectivity index is 2.35. The van der Waals surface area contributed by atoms with E-state index in [0.29, 0.717) is 0 Å². The summed E-state index contributed by atoms with van der Waals surface area (Å²) in [5.41, 5.74) is 8.04. The van der Waals surface area contributed by atoms with Crippen molar-refractivity contribution < 1.29 is 4.79 Å². The Labute approximate surface area is 162 Å². The summed E-state index contributed by atoms with van der Waals surface area (Å²) in [4.78, 5) is 22.9. The van der Waals surface area contributed by atoms with E-state index in [0.717, 1.165) is 39.5 Å². The number of carbonyl (C=O) groups excluding carboxylic acids is 1. The number of aromatic amines is 1. The van der Waals surface area contributed by atoms with Crippen LogP contribution in [-0.4, -0.2) is 32.6 Å². The number of H-pyrrole nitrogens is 1. The van der Waals surface area contributed by atoms with Gasteiger partial charge in [-0.2, -0.15) is 0 Å². The van der Waals surface area contributed by atoms with Crippen molar-refractivity contribution in [2.75, 3.05) is 0 Å². The minimum Gasteiger partial charge on any atom is -0.358 e.